The lowest BCUT2D eigenvalue weighted by molar-refractivity contribution is 0.0947. The summed E-state index contributed by atoms with van der Waals surface area (Å²) >= 11 is 3.22. The van der Waals surface area contributed by atoms with Gasteiger partial charge in [-0.2, -0.15) is 0 Å². The van der Waals surface area contributed by atoms with Gasteiger partial charge < -0.3 is 10.1 Å². The van der Waals surface area contributed by atoms with Crippen molar-refractivity contribution in [1.29, 1.82) is 0 Å². The minimum absolute atomic E-state index is 0.183. The molecule has 0 saturated heterocycles. The van der Waals surface area contributed by atoms with E-state index in [1.165, 1.54) is 12.1 Å². The summed E-state index contributed by atoms with van der Waals surface area (Å²) in [5, 5.41) is 2.84. The van der Waals surface area contributed by atoms with Crippen molar-refractivity contribution >= 4 is 21.8 Å². The number of rotatable bonds is 7. The molecule has 1 heterocycles. The van der Waals surface area contributed by atoms with Crippen LogP contribution in [0.25, 0.3) is 0 Å². The van der Waals surface area contributed by atoms with Crippen molar-refractivity contribution in [2.45, 2.75) is 26.9 Å². The molecule has 0 aliphatic rings. The van der Waals surface area contributed by atoms with E-state index in [-0.39, 0.29) is 18.3 Å². The Balaban J connectivity index is 1.88. The Labute approximate surface area is 149 Å². The minimum atomic E-state index is -0.370. The molecule has 128 valence electrons. The molecule has 1 aromatic carbocycles. The third-order valence-corrected chi connectivity index (χ3v) is 3.76. The molecule has 0 radical (unpaired) electrons. The summed E-state index contributed by atoms with van der Waals surface area (Å²) in [7, 11) is 0. The van der Waals surface area contributed by atoms with Gasteiger partial charge in [0, 0.05) is 28.8 Å². The van der Waals surface area contributed by atoms with Gasteiger partial charge in [-0.3, -0.25) is 9.78 Å². The van der Waals surface area contributed by atoms with Crippen LogP contribution in [0.15, 0.2) is 41.0 Å². The van der Waals surface area contributed by atoms with Gasteiger partial charge in [0.15, 0.2) is 0 Å². The molecule has 1 aromatic heterocycles. The van der Waals surface area contributed by atoms with E-state index in [0.717, 1.165) is 12.0 Å². The molecule has 4 nitrogen and oxygen atoms in total. The number of pyridine rings is 1. The topological polar surface area (TPSA) is 51.2 Å². The number of ether oxygens (including phenoxy) is 1. The van der Waals surface area contributed by atoms with Crippen molar-refractivity contribution in [3.05, 3.63) is 58.1 Å². The first-order chi connectivity index (χ1) is 11.4. The minimum Gasteiger partial charge on any atom is -0.489 e. The fourth-order valence-electron chi connectivity index (χ4n) is 1.99. The second-order valence-corrected chi connectivity index (χ2v) is 6.80. The zero-order chi connectivity index (χ0) is 17.5. The Morgan fingerprint density at radius 1 is 1.33 bits per heavy atom. The van der Waals surface area contributed by atoms with E-state index in [9.17, 15) is 9.18 Å². The first-order valence-electron chi connectivity index (χ1n) is 7.76. The van der Waals surface area contributed by atoms with Crippen molar-refractivity contribution in [2.75, 3.05) is 6.54 Å². The molecule has 1 N–H and O–H groups in total. The number of nitrogens with one attached hydrogen (secondary N) is 1. The van der Waals surface area contributed by atoms with Crippen LogP contribution in [0.4, 0.5) is 4.39 Å². The smallest absolute Gasteiger partial charge is 0.269 e. The van der Waals surface area contributed by atoms with Gasteiger partial charge in [-0.05, 0) is 30.5 Å². The monoisotopic (exact) mass is 394 g/mol. The number of carbonyl (C=O) groups excluding carboxylic acids is 1. The summed E-state index contributed by atoms with van der Waals surface area (Å²) in [6.07, 6.45) is 2.52. The van der Waals surface area contributed by atoms with E-state index < -0.39 is 0 Å². The van der Waals surface area contributed by atoms with Gasteiger partial charge in [-0.1, -0.05) is 35.8 Å². The Hall–Kier alpha value is -1.95. The van der Waals surface area contributed by atoms with Crippen molar-refractivity contribution < 1.29 is 13.9 Å². The fraction of sp³-hybridized carbons (Fsp3) is 0.333. The summed E-state index contributed by atoms with van der Waals surface area (Å²) in [5.74, 6) is 0.418. The summed E-state index contributed by atoms with van der Waals surface area (Å²) in [6.45, 7) is 5.10. The average molecular weight is 395 g/mol. The Kier molecular flexibility index (Phi) is 6.73. The maximum atomic E-state index is 13.3. The standard InChI is InChI=1S/C18H20BrFN2O2/c1-12(2)5-6-21-18(23)17-4-3-13(10-22-17)11-24-16-8-14(19)7-15(20)9-16/h3-4,7-10,12H,5-6,11H2,1-2H3,(H,21,23). The summed E-state index contributed by atoms with van der Waals surface area (Å²) in [4.78, 5) is 16.1. The summed E-state index contributed by atoms with van der Waals surface area (Å²) in [6, 6.07) is 7.80. The van der Waals surface area contributed by atoms with Crippen LogP contribution in [0.3, 0.4) is 0 Å². The third-order valence-electron chi connectivity index (χ3n) is 3.31. The Morgan fingerprint density at radius 3 is 2.75 bits per heavy atom. The first kappa shape index (κ1) is 18.4. The first-order valence-corrected chi connectivity index (χ1v) is 8.55. The third kappa shape index (κ3) is 5.92. The normalized spacial score (nSPS) is 10.7. The molecule has 0 aliphatic heterocycles. The maximum Gasteiger partial charge on any atom is 0.269 e. The predicted molar refractivity (Wildman–Crippen MR) is 94.5 cm³/mol. The van der Waals surface area contributed by atoms with E-state index in [1.807, 2.05) is 0 Å². The molecule has 0 spiro atoms. The summed E-state index contributed by atoms with van der Waals surface area (Å²) in [5.41, 5.74) is 1.17. The second-order valence-electron chi connectivity index (χ2n) is 5.88. The number of halogens is 2. The Bertz CT molecular complexity index is 670. The van der Waals surface area contributed by atoms with E-state index in [1.54, 1.807) is 24.4 Å². The van der Waals surface area contributed by atoms with Crippen molar-refractivity contribution in [2.24, 2.45) is 5.92 Å². The highest BCUT2D eigenvalue weighted by Crippen LogP contribution is 2.21. The van der Waals surface area contributed by atoms with E-state index in [2.05, 4.69) is 40.1 Å². The predicted octanol–water partition coefficient (Wildman–Crippen LogP) is 4.34. The quantitative estimate of drug-likeness (QED) is 0.759. The zero-order valence-corrected chi connectivity index (χ0v) is 15.3. The molecule has 2 aromatic rings. The molecule has 0 saturated carbocycles. The number of hydrogen-bond acceptors (Lipinski definition) is 3. The number of carbonyl (C=O) groups is 1. The molecule has 0 atom stereocenters. The number of benzene rings is 1. The zero-order valence-electron chi connectivity index (χ0n) is 13.7. The highest BCUT2D eigenvalue weighted by atomic mass is 79.9. The SMILES string of the molecule is CC(C)CCNC(=O)c1ccc(COc2cc(F)cc(Br)c2)cn1. The van der Waals surface area contributed by atoms with E-state index in [4.69, 9.17) is 4.74 Å². The molecule has 0 bridgehead atoms. The molecular weight excluding hydrogens is 375 g/mol. The van der Waals surface area contributed by atoms with Crippen LogP contribution in [-0.4, -0.2) is 17.4 Å². The highest BCUT2D eigenvalue weighted by molar-refractivity contribution is 9.10. The molecule has 0 aliphatic carbocycles. The summed E-state index contributed by atoms with van der Waals surface area (Å²) < 4.78 is 19.4. The lowest BCUT2D eigenvalue weighted by Crippen LogP contribution is -2.26. The lowest BCUT2D eigenvalue weighted by Gasteiger charge is -2.08. The molecule has 1 amide bonds. The van der Waals surface area contributed by atoms with Crippen molar-refractivity contribution in [1.82, 2.24) is 10.3 Å². The van der Waals surface area contributed by atoms with E-state index in [0.29, 0.717) is 28.4 Å². The van der Waals surface area contributed by atoms with Gasteiger partial charge in [-0.25, -0.2) is 4.39 Å². The largest absolute Gasteiger partial charge is 0.489 e. The van der Waals surface area contributed by atoms with Crippen molar-refractivity contribution in [3.8, 4) is 5.75 Å². The Morgan fingerprint density at radius 2 is 2.12 bits per heavy atom. The van der Waals surface area contributed by atoms with Crippen LogP contribution in [0.1, 0.15) is 36.3 Å². The number of aromatic nitrogens is 1. The van der Waals surface area contributed by atoms with Crippen LogP contribution < -0.4 is 10.1 Å². The molecule has 6 heteroatoms. The average Bonchev–Trinajstić information content (AvgIpc) is 2.52. The maximum absolute atomic E-state index is 13.3. The van der Waals surface area contributed by atoms with Gasteiger partial charge in [0.05, 0.1) is 0 Å². The molecule has 0 unspecified atom stereocenters. The van der Waals surface area contributed by atoms with Gasteiger partial charge in [-0.15, -0.1) is 0 Å². The second kappa shape index (κ2) is 8.78. The van der Waals surface area contributed by atoms with Crippen molar-refractivity contribution in [3.63, 3.8) is 0 Å². The molecular formula is C18H20BrFN2O2. The lowest BCUT2D eigenvalue weighted by atomic mass is 10.1. The van der Waals surface area contributed by atoms with Crippen LogP contribution in [-0.2, 0) is 6.61 Å². The van der Waals surface area contributed by atoms with Gasteiger partial charge in [0.1, 0.15) is 23.9 Å². The van der Waals surface area contributed by atoms with E-state index >= 15 is 0 Å². The number of nitrogens with zero attached hydrogens (tertiary/aromatic N) is 1. The van der Waals surface area contributed by atoms with Gasteiger partial charge in [0.25, 0.3) is 5.91 Å². The fourth-order valence-corrected chi connectivity index (χ4v) is 2.43. The molecule has 0 fully saturated rings. The number of amides is 1. The molecule has 24 heavy (non-hydrogen) atoms. The van der Waals surface area contributed by atoms with Crippen LogP contribution in [0.2, 0.25) is 0 Å². The van der Waals surface area contributed by atoms with Crippen LogP contribution in [0, 0.1) is 11.7 Å². The van der Waals surface area contributed by atoms with Gasteiger partial charge >= 0.3 is 0 Å². The van der Waals surface area contributed by atoms with Gasteiger partial charge in [0.2, 0.25) is 0 Å². The molecule has 2 rings (SSSR count). The van der Waals surface area contributed by atoms with Crippen LogP contribution in [0.5, 0.6) is 5.75 Å². The number of hydrogen-bond donors (Lipinski definition) is 1. The highest BCUT2D eigenvalue weighted by Gasteiger charge is 2.07. The van der Waals surface area contributed by atoms with Crippen LogP contribution >= 0.6 is 15.9 Å².